The van der Waals surface area contributed by atoms with Crippen LogP contribution in [0.15, 0.2) is 24.3 Å². The lowest BCUT2D eigenvalue weighted by Gasteiger charge is -2.08. The van der Waals surface area contributed by atoms with Gasteiger partial charge in [-0.1, -0.05) is 26.0 Å². The van der Waals surface area contributed by atoms with Crippen molar-refractivity contribution in [3.8, 4) is 5.75 Å². The quantitative estimate of drug-likeness (QED) is 0.784. The molecule has 2 rings (SSSR count). The van der Waals surface area contributed by atoms with Crippen molar-refractivity contribution in [3.05, 3.63) is 29.8 Å². The fraction of sp³-hybridized carbons (Fsp3) is 0.500. The average molecular weight is 291 g/mol. The number of benzene rings is 1. The number of aryl methyl sites for hydroxylation is 1. The smallest absolute Gasteiger partial charge is 0.307 e. The Kier molecular flexibility index (Phi) is 4.21. The molecule has 1 aliphatic rings. The van der Waals surface area contributed by atoms with Crippen LogP contribution in [-0.4, -0.2) is 30.1 Å². The van der Waals surface area contributed by atoms with E-state index in [2.05, 4.69) is 5.32 Å². The number of hydrogen-bond acceptors (Lipinski definition) is 3. The van der Waals surface area contributed by atoms with Gasteiger partial charge in [0.25, 0.3) is 0 Å². The lowest BCUT2D eigenvalue weighted by Crippen LogP contribution is -2.31. The fourth-order valence-corrected chi connectivity index (χ4v) is 2.75. The molecule has 5 nitrogen and oxygen atoms in total. The molecule has 0 heterocycles. The van der Waals surface area contributed by atoms with Crippen LogP contribution in [-0.2, 0) is 9.59 Å². The van der Waals surface area contributed by atoms with Gasteiger partial charge in [-0.2, -0.15) is 0 Å². The normalized spacial score (nSPS) is 22.4. The third-order valence-electron chi connectivity index (χ3n) is 4.04. The molecule has 21 heavy (non-hydrogen) atoms. The summed E-state index contributed by atoms with van der Waals surface area (Å²) >= 11 is 0. The zero-order chi connectivity index (χ0) is 15.6. The predicted molar refractivity (Wildman–Crippen MR) is 78.1 cm³/mol. The van der Waals surface area contributed by atoms with E-state index in [1.807, 2.05) is 31.2 Å². The molecule has 1 saturated carbocycles. The molecule has 0 spiro atoms. The van der Waals surface area contributed by atoms with Gasteiger partial charge in [0.1, 0.15) is 12.4 Å². The summed E-state index contributed by atoms with van der Waals surface area (Å²) in [5.41, 5.74) is 0.647. The predicted octanol–water partition coefficient (Wildman–Crippen LogP) is 1.85. The van der Waals surface area contributed by atoms with Crippen molar-refractivity contribution in [2.75, 3.05) is 13.2 Å². The zero-order valence-corrected chi connectivity index (χ0v) is 12.6. The van der Waals surface area contributed by atoms with E-state index in [1.54, 1.807) is 13.8 Å². The number of hydrogen-bond donors (Lipinski definition) is 2. The minimum Gasteiger partial charge on any atom is -0.492 e. The highest BCUT2D eigenvalue weighted by atomic mass is 16.5. The van der Waals surface area contributed by atoms with Crippen molar-refractivity contribution < 1.29 is 19.4 Å². The minimum absolute atomic E-state index is 0.208. The first-order valence-corrected chi connectivity index (χ1v) is 7.04. The average Bonchev–Trinajstić information content (AvgIpc) is 2.98. The molecule has 1 fully saturated rings. The second-order valence-electron chi connectivity index (χ2n) is 6.07. The Hall–Kier alpha value is -2.04. The number of aliphatic carboxylic acids is 1. The van der Waals surface area contributed by atoms with Gasteiger partial charge in [-0.05, 0) is 30.0 Å². The molecule has 1 amide bonds. The van der Waals surface area contributed by atoms with E-state index in [9.17, 15) is 9.59 Å². The number of carboxylic acid groups (broad SMARTS) is 1. The zero-order valence-electron chi connectivity index (χ0n) is 12.6. The minimum atomic E-state index is -0.906. The second kappa shape index (κ2) is 5.76. The summed E-state index contributed by atoms with van der Waals surface area (Å²) < 4.78 is 5.53. The number of ether oxygens (including phenoxy) is 1. The molecule has 0 bridgehead atoms. The Balaban J connectivity index is 1.75. The van der Waals surface area contributed by atoms with Crippen LogP contribution < -0.4 is 10.1 Å². The van der Waals surface area contributed by atoms with Crippen molar-refractivity contribution in [3.63, 3.8) is 0 Å². The summed E-state index contributed by atoms with van der Waals surface area (Å²) in [7, 11) is 0. The van der Waals surface area contributed by atoms with E-state index in [4.69, 9.17) is 9.84 Å². The topological polar surface area (TPSA) is 75.6 Å². The van der Waals surface area contributed by atoms with Crippen LogP contribution in [0.25, 0.3) is 0 Å². The highest BCUT2D eigenvalue weighted by Crippen LogP contribution is 2.58. The summed E-state index contributed by atoms with van der Waals surface area (Å²) in [6.45, 7) is 6.32. The first kappa shape index (κ1) is 15.4. The number of carbonyl (C=O) groups is 2. The number of carbonyl (C=O) groups excluding carboxylic acids is 1. The lowest BCUT2D eigenvalue weighted by molar-refractivity contribution is -0.140. The SMILES string of the molecule is Cc1cccc(OCCNC(=O)[C@@H]2[C@H](C(=O)O)C2(C)C)c1. The highest BCUT2D eigenvalue weighted by Gasteiger charge is 2.65. The van der Waals surface area contributed by atoms with E-state index in [0.29, 0.717) is 13.2 Å². The Labute approximate surface area is 124 Å². The molecule has 5 heteroatoms. The molecule has 0 unspecified atom stereocenters. The van der Waals surface area contributed by atoms with Gasteiger partial charge in [0.2, 0.25) is 5.91 Å². The number of carboxylic acids is 1. The van der Waals surface area contributed by atoms with Crippen molar-refractivity contribution in [2.45, 2.75) is 20.8 Å². The molecule has 2 atom stereocenters. The highest BCUT2D eigenvalue weighted by molar-refractivity contribution is 5.91. The lowest BCUT2D eigenvalue weighted by atomic mass is 10.1. The van der Waals surface area contributed by atoms with Crippen LogP contribution in [0.4, 0.5) is 0 Å². The number of nitrogens with one attached hydrogen (secondary N) is 1. The molecule has 114 valence electrons. The monoisotopic (exact) mass is 291 g/mol. The van der Waals surface area contributed by atoms with Gasteiger partial charge in [-0.3, -0.25) is 9.59 Å². The van der Waals surface area contributed by atoms with Crippen LogP contribution in [0, 0.1) is 24.2 Å². The van der Waals surface area contributed by atoms with Gasteiger partial charge in [-0.25, -0.2) is 0 Å². The summed E-state index contributed by atoms with van der Waals surface area (Å²) in [5, 5.41) is 11.8. The van der Waals surface area contributed by atoms with Gasteiger partial charge < -0.3 is 15.2 Å². The van der Waals surface area contributed by atoms with Gasteiger partial charge in [-0.15, -0.1) is 0 Å². The van der Waals surface area contributed by atoms with Gasteiger partial charge in [0.15, 0.2) is 0 Å². The third kappa shape index (κ3) is 3.35. The van der Waals surface area contributed by atoms with Gasteiger partial charge >= 0.3 is 5.97 Å². The number of rotatable bonds is 6. The molecule has 0 aliphatic heterocycles. The molecule has 1 aromatic rings. The van der Waals surface area contributed by atoms with E-state index >= 15 is 0 Å². The fourth-order valence-electron chi connectivity index (χ4n) is 2.75. The maximum Gasteiger partial charge on any atom is 0.307 e. The van der Waals surface area contributed by atoms with E-state index in [0.717, 1.165) is 11.3 Å². The van der Waals surface area contributed by atoms with Crippen molar-refractivity contribution in [1.82, 2.24) is 5.32 Å². The second-order valence-corrected chi connectivity index (χ2v) is 6.07. The molecular formula is C16H21NO4. The maximum absolute atomic E-state index is 12.0. The van der Waals surface area contributed by atoms with Crippen LogP contribution in [0.2, 0.25) is 0 Å². The Morgan fingerprint density at radius 2 is 2.05 bits per heavy atom. The Bertz CT molecular complexity index is 553. The van der Waals surface area contributed by atoms with Crippen LogP contribution in [0.5, 0.6) is 5.75 Å². The van der Waals surface area contributed by atoms with Crippen molar-refractivity contribution in [1.29, 1.82) is 0 Å². The summed E-state index contributed by atoms with van der Waals surface area (Å²) in [5.74, 6) is -1.39. The van der Waals surface area contributed by atoms with E-state index in [1.165, 1.54) is 0 Å². The Morgan fingerprint density at radius 1 is 1.33 bits per heavy atom. The third-order valence-corrected chi connectivity index (χ3v) is 4.04. The molecule has 1 aromatic carbocycles. The largest absolute Gasteiger partial charge is 0.492 e. The maximum atomic E-state index is 12.0. The van der Waals surface area contributed by atoms with Crippen molar-refractivity contribution >= 4 is 11.9 Å². The summed E-state index contributed by atoms with van der Waals surface area (Å²) in [6, 6.07) is 7.68. The van der Waals surface area contributed by atoms with E-state index in [-0.39, 0.29) is 5.91 Å². The number of amides is 1. The molecule has 0 radical (unpaired) electrons. The van der Waals surface area contributed by atoms with Gasteiger partial charge in [0.05, 0.1) is 18.4 Å². The Morgan fingerprint density at radius 3 is 2.62 bits per heavy atom. The standard InChI is InChI=1S/C16H21NO4/c1-10-5-4-6-11(9-10)21-8-7-17-14(18)12-13(15(19)20)16(12,2)3/h4-6,9,12-13H,7-8H2,1-3H3,(H,17,18)(H,19,20)/t12-,13+/m0/s1. The summed E-state index contributed by atoms with van der Waals surface area (Å²) in [6.07, 6.45) is 0. The molecule has 0 aromatic heterocycles. The first-order valence-electron chi connectivity index (χ1n) is 7.04. The van der Waals surface area contributed by atoms with Crippen LogP contribution in [0.3, 0.4) is 0 Å². The van der Waals surface area contributed by atoms with Gasteiger partial charge in [0, 0.05) is 0 Å². The molecule has 0 saturated heterocycles. The molecular weight excluding hydrogens is 270 g/mol. The summed E-state index contributed by atoms with van der Waals surface area (Å²) in [4.78, 5) is 23.0. The van der Waals surface area contributed by atoms with Crippen LogP contribution in [0.1, 0.15) is 19.4 Å². The first-order chi connectivity index (χ1) is 9.84. The van der Waals surface area contributed by atoms with Crippen molar-refractivity contribution in [2.24, 2.45) is 17.3 Å². The van der Waals surface area contributed by atoms with Crippen LogP contribution >= 0.6 is 0 Å². The molecule has 2 N–H and O–H groups in total. The van der Waals surface area contributed by atoms with E-state index < -0.39 is 23.2 Å². The molecule has 1 aliphatic carbocycles.